The minimum Gasteiger partial charge on any atom is -0.207 e. The van der Waals surface area contributed by atoms with E-state index in [1.165, 1.54) is 0 Å². The largest absolute Gasteiger partial charge is 0.241 e. The third-order valence-corrected chi connectivity index (χ3v) is 10.5. The predicted octanol–water partition coefficient (Wildman–Crippen LogP) is 6.28. The van der Waals surface area contributed by atoms with Crippen LogP contribution in [0.1, 0.15) is 56.6 Å². The Labute approximate surface area is 238 Å². The smallest absolute Gasteiger partial charge is 0.207 e. The highest BCUT2D eigenvalue weighted by Crippen LogP contribution is 2.34. The van der Waals surface area contributed by atoms with E-state index in [1.54, 1.807) is 52.0 Å². The first-order valence-electron chi connectivity index (χ1n) is 13.1. The first-order valence-corrected chi connectivity index (χ1v) is 16.1. The van der Waals surface area contributed by atoms with Gasteiger partial charge in [0.2, 0.25) is 20.0 Å². The molecule has 2 N–H and O–H groups in total. The molecule has 8 heteroatoms. The molecule has 4 rings (SSSR count). The Morgan fingerprint density at radius 1 is 0.475 bits per heavy atom. The van der Waals surface area contributed by atoms with Gasteiger partial charge in [-0.2, -0.15) is 0 Å². The van der Waals surface area contributed by atoms with Crippen LogP contribution < -0.4 is 9.44 Å². The molecule has 0 bridgehead atoms. The van der Waals surface area contributed by atoms with Crippen LogP contribution in [-0.2, 0) is 20.0 Å². The molecule has 4 aromatic rings. The maximum absolute atomic E-state index is 14.0. The number of aryl methyl sites for hydroxylation is 6. The van der Waals surface area contributed by atoms with Crippen LogP contribution in [0.4, 0.5) is 0 Å². The van der Waals surface area contributed by atoms with Crippen LogP contribution >= 0.6 is 0 Å². The normalized spacial score (nSPS) is 13.7. The van der Waals surface area contributed by atoms with Gasteiger partial charge in [0.25, 0.3) is 0 Å². The number of hydrogen-bond donors (Lipinski definition) is 2. The average molecular weight is 577 g/mol. The summed E-state index contributed by atoms with van der Waals surface area (Å²) in [6.07, 6.45) is 0. The lowest BCUT2D eigenvalue weighted by molar-refractivity contribution is 0.466. The number of benzene rings is 4. The molecule has 0 aliphatic heterocycles. The van der Waals surface area contributed by atoms with Gasteiger partial charge in [0.05, 0.1) is 21.9 Å². The van der Waals surface area contributed by atoms with Crippen LogP contribution in [0.3, 0.4) is 0 Å². The van der Waals surface area contributed by atoms with Crippen LogP contribution in [0, 0.1) is 41.5 Å². The minimum absolute atomic E-state index is 0.193. The lowest BCUT2D eigenvalue weighted by Gasteiger charge is -2.30. The van der Waals surface area contributed by atoms with Crippen molar-refractivity contribution in [1.82, 2.24) is 9.44 Å². The van der Waals surface area contributed by atoms with Gasteiger partial charge in [-0.25, -0.2) is 26.3 Å². The molecule has 6 nitrogen and oxygen atoms in total. The first-order chi connectivity index (χ1) is 18.8. The molecule has 0 saturated heterocycles. The zero-order valence-electron chi connectivity index (χ0n) is 23.7. The van der Waals surface area contributed by atoms with Crippen molar-refractivity contribution in [2.24, 2.45) is 0 Å². The summed E-state index contributed by atoms with van der Waals surface area (Å²) in [6.45, 7) is 10.9. The van der Waals surface area contributed by atoms with Crippen molar-refractivity contribution in [1.29, 1.82) is 0 Å². The maximum Gasteiger partial charge on any atom is 0.241 e. The van der Waals surface area contributed by atoms with Gasteiger partial charge in [-0.3, -0.25) is 0 Å². The Balaban J connectivity index is 1.89. The van der Waals surface area contributed by atoms with Crippen molar-refractivity contribution >= 4 is 20.0 Å². The van der Waals surface area contributed by atoms with Crippen molar-refractivity contribution in [2.75, 3.05) is 0 Å². The molecule has 0 saturated carbocycles. The number of hydrogen-bond acceptors (Lipinski definition) is 4. The van der Waals surface area contributed by atoms with Crippen molar-refractivity contribution in [3.8, 4) is 0 Å². The van der Waals surface area contributed by atoms with Gasteiger partial charge in [-0.05, 0) is 74.9 Å². The van der Waals surface area contributed by atoms with Crippen molar-refractivity contribution in [3.63, 3.8) is 0 Å². The van der Waals surface area contributed by atoms with E-state index < -0.39 is 32.1 Å². The maximum atomic E-state index is 14.0. The van der Waals surface area contributed by atoms with E-state index in [1.807, 2.05) is 74.5 Å². The molecule has 0 aliphatic rings. The third kappa shape index (κ3) is 6.36. The van der Waals surface area contributed by atoms with Crippen LogP contribution in [0.2, 0.25) is 0 Å². The number of sulfonamides is 2. The first kappa shape index (κ1) is 29.7. The summed E-state index contributed by atoms with van der Waals surface area (Å²) in [5, 5.41) is 0. The molecule has 0 fully saturated rings. The molecule has 4 aromatic carbocycles. The van der Waals surface area contributed by atoms with Gasteiger partial charge in [-0.15, -0.1) is 0 Å². The van der Waals surface area contributed by atoms with Crippen molar-refractivity contribution in [3.05, 3.63) is 129 Å². The fraction of sp³-hybridized carbons (Fsp3) is 0.250. The molecular weight excluding hydrogens is 540 g/mol. The molecule has 40 heavy (non-hydrogen) atoms. The average Bonchev–Trinajstić information content (AvgIpc) is 2.85. The standard InChI is InChI=1S/C32H36N2O4S2/c1-21-17-23(3)31(24(4)18-21)39(35,36)33-29(27-13-9-7-10-14-27)30(28-15-11-8-12-16-28)34-40(37,38)32-25(5)19-22(2)20-26(32)6/h7-20,29-30,33-34H,1-6H3/t29-,30+. The molecular formula is C32H36N2O4S2. The number of rotatable bonds is 9. The molecule has 210 valence electrons. The highest BCUT2D eigenvalue weighted by molar-refractivity contribution is 7.90. The molecule has 0 radical (unpaired) electrons. The molecule has 0 amide bonds. The minimum atomic E-state index is -4.07. The summed E-state index contributed by atoms with van der Waals surface area (Å²) < 4.78 is 61.8. The van der Waals surface area contributed by atoms with Crippen LogP contribution in [0.5, 0.6) is 0 Å². The summed E-state index contributed by atoms with van der Waals surface area (Å²) >= 11 is 0. The van der Waals surface area contributed by atoms with E-state index in [2.05, 4.69) is 9.44 Å². The number of nitrogens with one attached hydrogen (secondary N) is 2. The lowest BCUT2D eigenvalue weighted by Crippen LogP contribution is -2.41. The predicted molar refractivity (Wildman–Crippen MR) is 160 cm³/mol. The van der Waals surface area contributed by atoms with Crippen molar-refractivity contribution < 1.29 is 16.8 Å². The molecule has 0 spiro atoms. The van der Waals surface area contributed by atoms with Gasteiger partial charge < -0.3 is 0 Å². The molecule has 0 unspecified atom stereocenters. The SMILES string of the molecule is Cc1cc(C)c(S(=O)(=O)N[C@H](c2ccccc2)[C@@H](NS(=O)(=O)c2c(C)cc(C)cc2C)c2ccccc2)c(C)c1. The van der Waals surface area contributed by atoms with Crippen LogP contribution in [0.15, 0.2) is 94.7 Å². The molecule has 0 aromatic heterocycles. The summed E-state index contributed by atoms with van der Waals surface area (Å²) in [4.78, 5) is 0.387. The van der Waals surface area contributed by atoms with Gasteiger partial charge in [0, 0.05) is 0 Å². The Hall–Kier alpha value is -3.30. The van der Waals surface area contributed by atoms with E-state index in [9.17, 15) is 16.8 Å². The Morgan fingerprint density at radius 3 is 1.02 bits per heavy atom. The van der Waals surface area contributed by atoms with Crippen LogP contribution in [-0.4, -0.2) is 16.8 Å². The van der Waals surface area contributed by atoms with E-state index in [-0.39, 0.29) is 9.79 Å². The second-order valence-corrected chi connectivity index (χ2v) is 13.8. The van der Waals surface area contributed by atoms with Gasteiger partial charge in [0.1, 0.15) is 0 Å². The Morgan fingerprint density at radius 2 is 0.750 bits per heavy atom. The zero-order chi connectivity index (χ0) is 29.2. The highest BCUT2D eigenvalue weighted by atomic mass is 32.2. The van der Waals surface area contributed by atoms with Gasteiger partial charge in [0.15, 0.2) is 0 Å². The monoisotopic (exact) mass is 576 g/mol. The quantitative estimate of drug-likeness (QED) is 0.245. The summed E-state index contributed by atoms with van der Waals surface area (Å²) in [5.41, 5.74) is 5.68. The third-order valence-electron chi connectivity index (χ3n) is 6.96. The van der Waals surface area contributed by atoms with E-state index >= 15 is 0 Å². The van der Waals surface area contributed by atoms with E-state index in [4.69, 9.17) is 0 Å². The van der Waals surface area contributed by atoms with Crippen LogP contribution in [0.25, 0.3) is 0 Å². The summed E-state index contributed by atoms with van der Waals surface area (Å²) in [5.74, 6) is 0. The summed E-state index contributed by atoms with van der Waals surface area (Å²) in [6, 6.07) is 23.5. The second kappa shape index (κ2) is 11.7. The van der Waals surface area contributed by atoms with Gasteiger partial charge in [-0.1, -0.05) is 96.1 Å². The summed E-state index contributed by atoms with van der Waals surface area (Å²) in [7, 11) is -8.13. The van der Waals surface area contributed by atoms with Gasteiger partial charge >= 0.3 is 0 Å². The second-order valence-electron chi connectivity index (χ2n) is 10.5. The molecule has 0 heterocycles. The Kier molecular flexibility index (Phi) is 8.66. The fourth-order valence-corrected chi connectivity index (χ4v) is 8.99. The zero-order valence-corrected chi connectivity index (χ0v) is 25.3. The Bertz CT molecular complexity index is 1560. The lowest BCUT2D eigenvalue weighted by atomic mass is 9.95. The van der Waals surface area contributed by atoms with Crippen molar-refractivity contribution in [2.45, 2.75) is 63.4 Å². The topological polar surface area (TPSA) is 92.3 Å². The van der Waals surface area contributed by atoms with E-state index in [0.717, 1.165) is 11.1 Å². The molecule has 0 aliphatic carbocycles. The fourth-order valence-electron chi connectivity index (χ4n) is 5.61. The molecule has 2 atom stereocenters. The van der Waals surface area contributed by atoms with E-state index in [0.29, 0.717) is 33.4 Å². The highest BCUT2D eigenvalue weighted by Gasteiger charge is 2.35.